The van der Waals surface area contributed by atoms with Gasteiger partial charge in [0.05, 0.1) is 5.41 Å². The van der Waals surface area contributed by atoms with E-state index >= 15 is 0 Å². The highest BCUT2D eigenvalue weighted by Crippen LogP contribution is 2.42. The highest BCUT2D eigenvalue weighted by atomic mass is 32.2. The largest absolute Gasteiger partial charge is 0.354 e. The number of carbonyl (C=O) groups excluding carboxylic acids is 1. The van der Waals surface area contributed by atoms with Crippen molar-refractivity contribution in [3.8, 4) is 0 Å². The minimum Gasteiger partial charge on any atom is -0.354 e. The molecule has 0 radical (unpaired) electrons. The van der Waals surface area contributed by atoms with Gasteiger partial charge >= 0.3 is 0 Å². The van der Waals surface area contributed by atoms with E-state index in [0.717, 1.165) is 38.9 Å². The Kier molecular flexibility index (Phi) is 4.59. The second-order valence-electron chi connectivity index (χ2n) is 5.88. The summed E-state index contributed by atoms with van der Waals surface area (Å²) in [6.07, 6.45) is 9.10. The Morgan fingerprint density at radius 3 is 2.61 bits per heavy atom. The Morgan fingerprint density at radius 1 is 1.39 bits per heavy atom. The van der Waals surface area contributed by atoms with Crippen LogP contribution in [-0.4, -0.2) is 36.5 Å². The smallest absolute Gasteiger partial charge is 0.227 e. The molecule has 3 nitrogen and oxygen atoms in total. The molecule has 0 bridgehead atoms. The first-order chi connectivity index (χ1) is 8.66. The van der Waals surface area contributed by atoms with Crippen LogP contribution in [0.25, 0.3) is 0 Å². The zero-order valence-corrected chi connectivity index (χ0v) is 12.5. The molecule has 4 heteroatoms. The van der Waals surface area contributed by atoms with Gasteiger partial charge in [-0.1, -0.05) is 19.8 Å². The van der Waals surface area contributed by atoms with E-state index in [1.165, 1.54) is 19.3 Å². The Hall–Kier alpha value is -0.220. The van der Waals surface area contributed by atoms with Crippen LogP contribution in [0.3, 0.4) is 0 Å². The average Bonchev–Trinajstić information content (AvgIpc) is 2.78. The van der Waals surface area contributed by atoms with E-state index < -0.39 is 0 Å². The molecule has 0 aromatic rings. The number of hydrogen-bond donors (Lipinski definition) is 2. The maximum Gasteiger partial charge on any atom is 0.227 e. The lowest BCUT2D eigenvalue weighted by molar-refractivity contribution is -0.130. The van der Waals surface area contributed by atoms with E-state index in [2.05, 4.69) is 23.8 Å². The lowest BCUT2D eigenvalue weighted by atomic mass is 9.80. The molecule has 0 aromatic carbocycles. The molecular weight excluding hydrogens is 244 g/mol. The summed E-state index contributed by atoms with van der Waals surface area (Å²) in [4.78, 5) is 12.5. The van der Waals surface area contributed by atoms with E-state index in [1.807, 2.05) is 11.8 Å². The lowest BCUT2D eigenvalue weighted by Gasteiger charge is -2.41. The Morgan fingerprint density at radius 2 is 2.17 bits per heavy atom. The van der Waals surface area contributed by atoms with Crippen molar-refractivity contribution in [2.45, 2.75) is 50.2 Å². The second-order valence-corrected chi connectivity index (χ2v) is 7.15. The van der Waals surface area contributed by atoms with Crippen molar-refractivity contribution in [3.63, 3.8) is 0 Å². The number of hydrogen-bond acceptors (Lipinski definition) is 3. The number of nitrogens with one attached hydrogen (secondary N) is 2. The van der Waals surface area contributed by atoms with E-state index in [9.17, 15) is 4.79 Å². The Labute approximate surface area is 115 Å². The molecule has 1 saturated heterocycles. The highest BCUT2D eigenvalue weighted by Gasteiger charge is 2.42. The molecule has 1 aliphatic carbocycles. The fourth-order valence-corrected chi connectivity index (χ4v) is 4.11. The molecule has 1 amide bonds. The minimum atomic E-state index is -0.127. The Bertz CT molecular complexity index is 291. The number of carbonyl (C=O) groups is 1. The summed E-state index contributed by atoms with van der Waals surface area (Å²) in [7, 11) is 0. The SMILES string of the molecule is CCCC1(C(=O)NCC2(SC)CCC2)CCNC1. The van der Waals surface area contributed by atoms with Gasteiger partial charge in [0.15, 0.2) is 0 Å². The first-order valence-electron chi connectivity index (χ1n) is 7.21. The predicted molar refractivity (Wildman–Crippen MR) is 77.9 cm³/mol. The lowest BCUT2D eigenvalue weighted by Crippen LogP contribution is -2.50. The summed E-state index contributed by atoms with van der Waals surface area (Å²) in [5, 5.41) is 6.60. The molecular formula is C14H26N2OS. The summed E-state index contributed by atoms with van der Waals surface area (Å²) in [5.74, 6) is 0.287. The topological polar surface area (TPSA) is 41.1 Å². The van der Waals surface area contributed by atoms with Crippen LogP contribution >= 0.6 is 11.8 Å². The van der Waals surface area contributed by atoms with E-state index in [1.54, 1.807) is 0 Å². The third-order valence-corrected chi connectivity index (χ3v) is 6.14. The van der Waals surface area contributed by atoms with Crippen LogP contribution in [0.1, 0.15) is 45.4 Å². The van der Waals surface area contributed by atoms with Gasteiger partial charge in [-0.25, -0.2) is 0 Å². The van der Waals surface area contributed by atoms with Gasteiger partial charge in [-0.05, 0) is 38.5 Å². The number of thioether (sulfide) groups is 1. The molecule has 1 saturated carbocycles. The molecule has 1 aliphatic heterocycles. The van der Waals surface area contributed by atoms with Gasteiger partial charge in [0.25, 0.3) is 0 Å². The summed E-state index contributed by atoms with van der Waals surface area (Å²) in [6.45, 7) is 4.88. The van der Waals surface area contributed by atoms with Crippen LogP contribution in [0.4, 0.5) is 0 Å². The quantitative estimate of drug-likeness (QED) is 0.777. The van der Waals surface area contributed by atoms with Crippen molar-refractivity contribution >= 4 is 17.7 Å². The van der Waals surface area contributed by atoms with Crippen LogP contribution in [0.5, 0.6) is 0 Å². The molecule has 0 spiro atoms. The fourth-order valence-electron chi connectivity index (χ4n) is 3.20. The number of rotatable bonds is 6. The molecule has 2 rings (SSSR count). The van der Waals surface area contributed by atoms with Crippen molar-refractivity contribution in [2.75, 3.05) is 25.9 Å². The molecule has 2 N–H and O–H groups in total. The molecule has 1 unspecified atom stereocenters. The highest BCUT2D eigenvalue weighted by molar-refractivity contribution is 8.00. The van der Waals surface area contributed by atoms with Gasteiger partial charge in [-0.2, -0.15) is 11.8 Å². The van der Waals surface area contributed by atoms with Crippen molar-refractivity contribution in [3.05, 3.63) is 0 Å². The maximum atomic E-state index is 12.5. The van der Waals surface area contributed by atoms with Crippen LogP contribution < -0.4 is 10.6 Å². The predicted octanol–water partition coefficient (Wildman–Crippen LogP) is 2.17. The van der Waals surface area contributed by atoms with Crippen LogP contribution in [0.15, 0.2) is 0 Å². The summed E-state index contributed by atoms with van der Waals surface area (Å²) < 4.78 is 0.342. The van der Waals surface area contributed by atoms with Gasteiger partial charge in [-0.3, -0.25) is 4.79 Å². The zero-order valence-electron chi connectivity index (χ0n) is 11.7. The first-order valence-corrected chi connectivity index (χ1v) is 8.43. The molecule has 104 valence electrons. The minimum absolute atomic E-state index is 0.127. The summed E-state index contributed by atoms with van der Waals surface area (Å²) >= 11 is 1.93. The molecule has 1 atom stereocenters. The third-order valence-electron chi connectivity index (χ3n) is 4.72. The Balaban J connectivity index is 1.89. The average molecular weight is 270 g/mol. The van der Waals surface area contributed by atoms with E-state index in [-0.39, 0.29) is 11.3 Å². The van der Waals surface area contributed by atoms with Crippen LogP contribution in [0.2, 0.25) is 0 Å². The second kappa shape index (κ2) is 5.83. The van der Waals surface area contributed by atoms with Crippen LogP contribution in [0, 0.1) is 5.41 Å². The van der Waals surface area contributed by atoms with Gasteiger partial charge in [-0.15, -0.1) is 0 Å². The molecule has 2 fully saturated rings. The standard InChI is InChI=1S/C14H26N2OS/c1-3-5-13(8-9-15-10-13)12(17)16-11-14(18-2)6-4-7-14/h15H,3-11H2,1-2H3,(H,16,17). The summed E-state index contributed by atoms with van der Waals surface area (Å²) in [5.41, 5.74) is -0.127. The van der Waals surface area contributed by atoms with Gasteiger partial charge in [0, 0.05) is 17.8 Å². The third kappa shape index (κ3) is 2.69. The van der Waals surface area contributed by atoms with Gasteiger partial charge < -0.3 is 10.6 Å². The fraction of sp³-hybridized carbons (Fsp3) is 0.929. The summed E-state index contributed by atoms with van der Waals surface area (Å²) in [6, 6.07) is 0. The van der Waals surface area contributed by atoms with Crippen LogP contribution in [-0.2, 0) is 4.79 Å². The van der Waals surface area contributed by atoms with E-state index in [0.29, 0.717) is 4.75 Å². The molecule has 2 aliphatic rings. The number of amides is 1. The van der Waals surface area contributed by atoms with Gasteiger partial charge in [0.2, 0.25) is 5.91 Å². The van der Waals surface area contributed by atoms with Crippen molar-refractivity contribution in [2.24, 2.45) is 5.41 Å². The zero-order chi connectivity index (χ0) is 13.1. The molecule has 0 aromatic heterocycles. The monoisotopic (exact) mass is 270 g/mol. The van der Waals surface area contributed by atoms with Crippen molar-refractivity contribution in [1.29, 1.82) is 0 Å². The van der Waals surface area contributed by atoms with Crippen molar-refractivity contribution < 1.29 is 4.79 Å². The maximum absolute atomic E-state index is 12.5. The van der Waals surface area contributed by atoms with Crippen molar-refractivity contribution in [1.82, 2.24) is 10.6 Å². The normalized spacial score (nSPS) is 29.9. The first kappa shape index (κ1) is 14.2. The molecule has 1 heterocycles. The molecule has 18 heavy (non-hydrogen) atoms. The van der Waals surface area contributed by atoms with E-state index in [4.69, 9.17) is 0 Å². The van der Waals surface area contributed by atoms with Gasteiger partial charge in [0.1, 0.15) is 0 Å².